The normalized spacial score (nSPS) is 19.7. The van der Waals surface area contributed by atoms with Gasteiger partial charge in [-0.05, 0) is 12.0 Å². The number of benzene rings is 1. The molecule has 1 aliphatic rings. The minimum Gasteiger partial charge on any atom is -0.469 e. The molecule has 1 heterocycles. The van der Waals surface area contributed by atoms with Crippen molar-refractivity contribution in [2.24, 2.45) is 5.92 Å². The molecule has 1 aromatic rings. The highest BCUT2D eigenvalue weighted by Gasteiger charge is 2.30. The van der Waals surface area contributed by atoms with Crippen LogP contribution < -0.4 is 0 Å². The van der Waals surface area contributed by atoms with Gasteiger partial charge in [0.2, 0.25) is 5.91 Å². The van der Waals surface area contributed by atoms with E-state index >= 15 is 0 Å². The molecule has 0 bridgehead atoms. The van der Waals surface area contributed by atoms with Gasteiger partial charge in [-0.3, -0.25) is 9.59 Å². The fourth-order valence-electron chi connectivity index (χ4n) is 2.23. The summed E-state index contributed by atoms with van der Waals surface area (Å²) in [5.74, 6) is -0.295. The van der Waals surface area contributed by atoms with Crippen molar-refractivity contribution in [3.8, 4) is 0 Å². The van der Waals surface area contributed by atoms with Gasteiger partial charge < -0.3 is 9.64 Å². The van der Waals surface area contributed by atoms with Crippen molar-refractivity contribution in [2.75, 3.05) is 13.7 Å². The highest BCUT2D eigenvalue weighted by Crippen LogP contribution is 2.20. The van der Waals surface area contributed by atoms with E-state index in [0.29, 0.717) is 25.9 Å². The molecule has 0 aliphatic carbocycles. The van der Waals surface area contributed by atoms with E-state index < -0.39 is 0 Å². The summed E-state index contributed by atoms with van der Waals surface area (Å²) < 4.78 is 4.75. The van der Waals surface area contributed by atoms with Gasteiger partial charge in [0.25, 0.3) is 0 Å². The number of piperidine rings is 1. The summed E-state index contributed by atoms with van der Waals surface area (Å²) in [4.78, 5) is 25.1. The second-order valence-corrected chi connectivity index (χ2v) is 4.52. The monoisotopic (exact) mass is 247 g/mol. The Hall–Kier alpha value is -1.84. The number of ether oxygens (including phenoxy) is 1. The van der Waals surface area contributed by atoms with Crippen molar-refractivity contribution in [3.05, 3.63) is 35.9 Å². The molecule has 18 heavy (non-hydrogen) atoms. The highest BCUT2D eigenvalue weighted by molar-refractivity contribution is 5.81. The molecular formula is C14H17NO3. The minimum atomic E-state index is -0.222. The number of methoxy groups -OCH3 is 1. The van der Waals surface area contributed by atoms with E-state index in [0.717, 1.165) is 5.56 Å². The molecule has 96 valence electrons. The first-order chi connectivity index (χ1) is 8.70. The Balaban J connectivity index is 2.02. The molecule has 0 aromatic heterocycles. The van der Waals surface area contributed by atoms with Crippen LogP contribution in [0, 0.1) is 5.92 Å². The van der Waals surface area contributed by atoms with Gasteiger partial charge in [-0.1, -0.05) is 30.3 Å². The van der Waals surface area contributed by atoms with E-state index in [1.54, 1.807) is 4.90 Å². The van der Waals surface area contributed by atoms with Crippen molar-refractivity contribution in [1.82, 2.24) is 4.90 Å². The number of carbonyl (C=O) groups is 2. The molecule has 0 spiro atoms. The zero-order valence-electron chi connectivity index (χ0n) is 10.5. The number of amides is 1. The number of hydrogen-bond donors (Lipinski definition) is 0. The minimum absolute atomic E-state index is 0.110. The van der Waals surface area contributed by atoms with Gasteiger partial charge in [0.05, 0.1) is 13.0 Å². The smallest absolute Gasteiger partial charge is 0.310 e. The van der Waals surface area contributed by atoms with Gasteiger partial charge in [-0.2, -0.15) is 0 Å². The quantitative estimate of drug-likeness (QED) is 0.762. The second-order valence-electron chi connectivity index (χ2n) is 4.52. The van der Waals surface area contributed by atoms with E-state index in [-0.39, 0.29) is 17.8 Å². The molecule has 1 unspecified atom stereocenters. The van der Waals surface area contributed by atoms with Crippen LogP contribution in [0.15, 0.2) is 30.3 Å². The number of nitrogens with zero attached hydrogens (tertiary/aromatic N) is 1. The lowest BCUT2D eigenvalue weighted by molar-refractivity contribution is -0.150. The fraction of sp³-hybridized carbons (Fsp3) is 0.429. The molecule has 1 amide bonds. The van der Waals surface area contributed by atoms with Crippen molar-refractivity contribution in [2.45, 2.75) is 19.4 Å². The van der Waals surface area contributed by atoms with Crippen LogP contribution in [0.4, 0.5) is 0 Å². The Bertz CT molecular complexity index is 430. The third kappa shape index (κ3) is 2.88. The van der Waals surface area contributed by atoms with Crippen LogP contribution in [0.25, 0.3) is 0 Å². The summed E-state index contributed by atoms with van der Waals surface area (Å²) in [5.41, 5.74) is 1.08. The Kier molecular flexibility index (Phi) is 3.97. The molecule has 4 heteroatoms. The van der Waals surface area contributed by atoms with Crippen molar-refractivity contribution < 1.29 is 14.3 Å². The molecule has 1 aliphatic heterocycles. The highest BCUT2D eigenvalue weighted by atomic mass is 16.5. The molecule has 4 nitrogen and oxygen atoms in total. The molecular weight excluding hydrogens is 230 g/mol. The lowest BCUT2D eigenvalue weighted by Gasteiger charge is -2.31. The summed E-state index contributed by atoms with van der Waals surface area (Å²) in [6.07, 6.45) is 1.02. The maximum absolute atomic E-state index is 11.8. The van der Waals surface area contributed by atoms with Crippen LogP contribution in [-0.2, 0) is 20.9 Å². The molecule has 2 rings (SSSR count). The van der Waals surface area contributed by atoms with Gasteiger partial charge >= 0.3 is 5.97 Å². The average Bonchev–Trinajstić information content (AvgIpc) is 2.41. The number of rotatable bonds is 3. The number of likely N-dealkylation sites (tertiary alicyclic amines) is 1. The summed E-state index contributed by atoms with van der Waals surface area (Å²) in [7, 11) is 1.39. The van der Waals surface area contributed by atoms with Gasteiger partial charge in [-0.25, -0.2) is 0 Å². The van der Waals surface area contributed by atoms with E-state index in [1.807, 2.05) is 30.3 Å². The Labute approximate surface area is 107 Å². The van der Waals surface area contributed by atoms with Gasteiger partial charge in [0.15, 0.2) is 0 Å². The van der Waals surface area contributed by atoms with Crippen LogP contribution in [-0.4, -0.2) is 30.4 Å². The fourth-order valence-corrected chi connectivity index (χ4v) is 2.23. The summed E-state index contributed by atoms with van der Waals surface area (Å²) in [5, 5.41) is 0. The van der Waals surface area contributed by atoms with Crippen LogP contribution in [0.3, 0.4) is 0 Å². The third-order valence-electron chi connectivity index (χ3n) is 3.25. The summed E-state index contributed by atoms with van der Waals surface area (Å²) >= 11 is 0. The molecule has 1 aromatic carbocycles. The van der Waals surface area contributed by atoms with Crippen molar-refractivity contribution >= 4 is 11.9 Å². The van der Waals surface area contributed by atoms with Crippen molar-refractivity contribution in [1.29, 1.82) is 0 Å². The van der Waals surface area contributed by atoms with Crippen LogP contribution in [0.5, 0.6) is 0 Å². The van der Waals surface area contributed by atoms with Crippen LogP contribution in [0.1, 0.15) is 18.4 Å². The van der Waals surface area contributed by atoms with Gasteiger partial charge in [0, 0.05) is 19.5 Å². The first kappa shape index (κ1) is 12.6. The number of esters is 1. The Morgan fingerprint density at radius 1 is 1.39 bits per heavy atom. The zero-order valence-corrected chi connectivity index (χ0v) is 10.5. The topological polar surface area (TPSA) is 46.6 Å². The van der Waals surface area contributed by atoms with E-state index in [1.165, 1.54) is 7.11 Å². The van der Waals surface area contributed by atoms with E-state index in [4.69, 9.17) is 4.74 Å². The van der Waals surface area contributed by atoms with Crippen LogP contribution in [0.2, 0.25) is 0 Å². The Morgan fingerprint density at radius 2 is 2.11 bits per heavy atom. The lowest BCUT2D eigenvalue weighted by atomic mass is 9.97. The molecule has 1 saturated heterocycles. The molecule has 0 saturated carbocycles. The standard InChI is InChI=1S/C14H17NO3/c1-18-14(17)12-7-8-13(16)15(10-12)9-11-5-3-2-4-6-11/h2-6,12H,7-10H2,1H3. The predicted molar refractivity (Wildman–Crippen MR) is 66.6 cm³/mol. The Morgan fingerprint density at radius 3 is 2.78 bits per heavy atom. The largest absolute Gasteiger partial charge is 0.469 e. The van der Waals surface area contributed by atoms with Gasteiger partial charge in [-0.15, -0.1) is 0 Å². The third-order valence-corrected chi connectivity index (χ3v) is 3.25. The molecule has 0 N–H and O–H groups in total. The van der Waals surface area contributed by atoms with E-state index in [9.17, 15) is 9.59 Å². The number of carbonyl (C=O) groups excluding carboxylic acids is 2. The summed E-state index contributed by atoms with van der Waals surface area (Å²) in [6.45, 7) is 1.02. The maximum Gasteiger partial charge on any atom is 0.310 e. The second kappa shape index (κ2) is 5.67. The maximum atomic E-state index is 11.8. The first-order valence-electron chi connectivity index (χ1n) is 6.10. The SMILES string of the molecule is COC(=O)C1CCC(=O)N(Cc2ccccc2)C1. The summed E-state index contributed by atoms with van der Waals surface area (Å²) in [6, 6.07) is 9.80. The molecule has 1 fully saturated rings. The first-order valence-corrected chi connectivity index (χ1v) is 6.10. The van der Waals surface area contributed by atoms with Gasteiger partial charge in [0.1, 0.15) is 0 Å². The average molecular weight is 247 g/mol. The predicted octanol–water partition coefficient (Wildman–Crippen LogP) is 1.60. The zero-order chi connectivity index (χ0) is 13.0. The van der Waals surface area contributed by atoms with Crippen LogP contribution >= 0.6 is 0 Å². The lowest BCUT2D eigenvalue weighted by Crippen LogP contribution is -2.42. The van der Waals surface area contributed by atoms with Crippen molar-refractivity contribution in [3.63, 3.8) is 0 Å². The molecule has 1 atom stereocenters. The van der Waals surface area contributed by atoms with E-state index in [2.05, 4.69) is 0 Å². The molecule has 0 radical (unpaired) electrons. The number of hydrogen-bond acceptors (Lipinski definition) is 3.